The molecule has 1 atom stereocenters. The highest BCUT2D eigenvalue weighted by Gasteiger charge is 2.19. The van der Waals surface area contributed by atoms with E-state index in [1.54, 1.807) is 24.3 Å². The highest BCUT2D eigenvalue weighted by Crippen LogP contribution is 2.27. The van der Waals surface area contributed by atoms with Gasteiger partial charge in [-0.2, -0.15) is 0 Å². The number of aromatic amines is 1. The predicted molar refractivity (Wildman–Crippen MR) is 113 cm³/mol. The molecule has 1 saturated heterocycles. The molecule has 2 aromatic carbocycles. The highest BCUT2D eigenvalue weighted by atomic mass is 127. The zero-order valence-corrected chi connectivity index (χ0v) is 17.1. The fourth-order valence-corrected chi connectivity index (χ4v) is 5.87. The molecule has 4 rings (SSSR count). The Kier molecular flexibility index (Phi) is 4.94. The van der Waals surface area contributed by atoms with Crippen molar-refractivity contribution in [2.75, 3.05) is 11.3 Å². The lowest BCUT2D eigenvalue weighted by atomic mass is 10.0. The molecule has 1 aliphatic heterocycles. The molecule has 0 bridgehead atoms. The first-order valence-corrected chi connectivity index (χ1v) is 11.2. The van der Waals surface area contributed by atoms with Gasteiger partial charge >= 0.3 is 0 Å². The van der Waals surface area contributed by atoms with Crippen LogP contribution in [0.15, 0.2) is 53.6 Å². The third kappa shape index (κ3) is 3.60. The molecular formula is C19H20IN3O2S. The van der Waals surface area contributed by atoms with Crippen LogP contribution in [0.2, 0.25) is 0 Å². The Morgan fingerprint density at radius 3 is 2.81 bits per heavy atom. The fourth-order valence-electron chi connectivity index (χ4n) is 3.48. The van der Waals surface area contributed by atoms with E-state index in [9.17, 15) is 8.42 Å². The third-order valence-corrected chi connectivity index (χ3v) is 7.52. The Bertz CT molecular complexity index is 1040. The van der Waals surface area contributed by atoms with Gasteiger partial charge in [0.15, 0.2) is 0 Å². The van der Waals surface area contributed by atoms with Crippen LogP contribution < -0.4 is 10.0 Å². The van der Waals surface area contributed by atoms with E-state index >= 15 is 0 Å². The number of halogens is 1. The summed E-state index contributed by atoms with van der Waals surface area (Å²) < 4.78 is 28.9. The first-order valence-electron chi connectivity index (χ1n) is 8.64. The van der Waals surface area contributed by atoms with Crippen LogP contribution in [0.1, 0.15) is 18.4 Å². The van der Waals surface area contributed by atoms with Crippen molar-refractivity contribution in [2.24, 2.45) is 0 Å². The van der Waals surface area contributed by atoms with Crippen molar-refractivity contribution in [1.82, 2.24) is 10.3 Å². The Balaban J connectivity index is 1.63. The van der Waals surface area contributed by atoms with Gasteiger partial charge in [0.2, 0.25) is 0 Å². The second-order valence-corrected chi connectivity index (χ2v) is 9.42. The second-order valence-electron chi connectivity index (χ2n) is 6.61. The molecule has 1 aromatic heterocycles. The van der Waals surface area contributed by atoms with E-state index in [1.165, 1.54) is 18.4 Å². The minimum absolute atomic E-state index is 0.296. The van der Waals surface area contributed by atoms with Crippen LogP contribution in [-0.4, -0.2) is 26.0 Å². The molecule has 7 heteroatoms. The lowest BCUT2D eigenvalue weighted by Crippen LogP contribution is -2.23. The fraction of sp³-hybridized carbons (Fsp3) is 0.263. The quantitative estimate of drug-likeness (QED) is 0.485. The van der Waals surface area contributed by atoms with E-state index in [4.69, 9.17) is 0 Å². The van der Waals surface area contributed by atoms with Crippen molar-refractivity contribution in [3.63, 3.8) is 0 Å². The number of nitrogens with one attached hydrogen (secondary N) is 3. The summed E-state index contributed by atoms with van der Waals surface area (Å²) in [5.41, 5.74) is 2.82. The van der Waals surface area contributed by atoms with Gasteiger partial charge in [-0.05, 0) is 84.3 Å². The number of H-pyrrole nitrogens is 1. The molecule has 0 saturated carbocycles. The maximum Gasteiger partial charge on any atom is 0.262 e. The number of hydrogen-bond acceptors (Lipinski definition) is 3. The molecule has 3 N–H and O–H groups in total. The van der Waals surface area contributed by atoms with Crippen LogP contribution in [0.3, 0.4) is 0 Å². The highest BCUT2D eigenvalue weighted by molar-refractivity contribution is 14.1. The molecule has 0 radical (unpaired) electrons. The molecule has 0 spiro atoms. The summed E-state index contributed by atoms with van der Waals surface area (Å²) in [6.07, 6.45) is 5.38. The first kappa shape index (κ1) is 17.8. The van der Waals surface area contributed by atoms with Crippen molar-refractivity contribution in [1.29, 1.82) is 0 Å². The Labute approximate surface area is 166 Å². The normalized spacial score (nSPS) is 17.7. The van der Waals surface area contributed by atoms with E-state index < -0.39 is 10.0 Å². The van der Waals surface area contributed by atoms with Crippen molar-refractivity contribution >= 4 is 49.2 Å². The second kappa shape index (κ2) is 7.21. The molecule has 2 heterocycles. The number of anilines is 1. The van der Waals surface area contributed by atoms with E-state index in [0.717, 1.165) is 23.9 Å². The van der Waals surface area contributed by atoms with Gasteiger partial charge in [0, 0.05) is 32.4 Å². The number of fused-ring (bicyclic) bond motifs is 1. The van der Waals surface area contributed by atoms with Gasteiger partial charge in [0.25, 0.3) is 10.0 Å². The summed E-state index contributed by atoms with van der Waals surface area (Å²) >= 11 is 2.04. The summed E-state index contributed by atoms with van der Waals surface area (Å²) in [5.74, 6) is 0. The van der Waals surface area contributed by atoms with Crippen LogP contribution in [0.5, 0.6) is 0 Å². The minimum atomic E-state index is -3.61. The average molecular weight is 481 g/mol. The number of aromatic nitrogens is 1. The largest absolute Gasteiger partial charge is 0.361 e. The zero-order valence-electron chi connectivity index (χ0n) is 14.1. The first-order chi connectivity index (χ1) is 12.5. The molecule has 136 valence electrons. The third-order valence-electron chi connectivity index (χ3n) is 4.77. The Morgan fingerprint density at radius 2 is 2.04 bits per heavy atom. The summed E-state index contributed by atoms with van der Waals surface area (Å²) in [6, 6.07) is 13.1. The molecule has 26 heavy (non-hydrogen) atoms. The number of rotatable bonds is 5. The minimum Gasteiger partial charge on any atom is -0.361 e. The van der Waals surface area contributed by atoms with Crippen LogP contribution in [0.4, 0.5) is 5.69 Å². The zero-order chi connectivity index (χ0) is 18.1. The van der Waals surface area contributed by atoms with Gasteiger partial charge < -0.3 is 10.3 Å². The maximum absolute atomic E-state index is 12.7. The van der Waals surface area contributed by atoms with Crippen LogP contribution in [-0.2, 0) is 16.4 Å². The summed E-state index contributed by atoms with van der Waals surface area (Å²) in [7, 11) is -3.61. The van der Waals surface area contributed by atoms with Crippen molar-refractivity contribution in [3.8, 4) is 0 Å². The Hall–Kier alpha value is -1.58. The molecular weight excluding hydrogens is 461 g/mol. The molecule has 1 unspecified atom stereocenters. The number of hydrogen-bond donors (Lipinski definition) is 3. The molecule has 0 amide bonds. The van der Waals surface area contributed by atoms with Gasteiger partial charge in [-0.25, -0.2) is 8.42 Å². The van der Waals surface area contributed by atoms with E-state index in [1.807, 2.05) is 47.0 Å². The molecule has 0 aliphatic carbocycles. The van der Waals surface area contributed by atoms with E-state index in [2.05, 4.69) is 15.0 Å². The molecule has 1 fully saturated rings. The lowest BCUT2D eigenvalue weighted by Gasteiger charge is -2.11. The standard InChI is InChI=1S/C19H20IN3O2S/c20-17-5-1-2-6-19(17)26(24,25)23-15-7-8-18-16(11-15)13(12-22-18)10-14-4-3-9-21-14/h1-2,5-8,11-12,14,21-23H,3-4,9-10H2. The van der Waals surface area contributed by atoms with Gasteiger partial charge in [0.05, 0.1) is 0 Å². The van der Waals surface area contributed by atoms with Gasteiger partial charge in [-0.3, -0.25) is 4.72 Å². The topological polar surface area (TPSA) is 74.0 Å². The number of benzene rings is 2. The summed E-state index contributed by atoms with van der Waals surface area (Å²) in [6.45, 7) is 1.08. The van der Waals surface area contributed by atoms with Crippen molar-refractivity contribution in [3.05, 3.63) is 57.8 Å². The van der Waals surface area contributed by atoms with E-state index in [0.29, 0.717) is 20.2 Å². The lowest BCUT2D eigenvalue weighted by molar-refractivity contribution is 0.600. The van der Waals surface area contributed by atoms with Crippen LogP contribution >= 0.6 is 22.6 Å². The van der Waals surface area contributed by atoms with Gasteiger partial charge in [-0.15, -0.1) is 0 Å². The summed E-state index contributed by atoms with van der Waals surface area (Å²) in [4.78, 5) is 3.58. The maximum atomic E-state index is 12.7. The molecule has 5 nitrogen and oxygen atoms in total. The predicted octanol–water partition coefficient (Wildman–Crippen LogP) is 3.87. The van der Waals surface area contributed by atoms with E-state index in [-0.39, 0.29) is 0 Å². The average Bonchev–Trinajstić information content (AvgIpc) is 3.25. The Morgan fingerprint density at radius 1 is 1.19 bits per heavy atom. The number of sulfonamides is 1. The monoisotopic (exact) mass is 481 g/mol. The smallest absolute Gasteiger partial charge is 0.262 e. The molecule has 1 aliphatic rings. The van der Waals surface area contributed by atoms with Crippen molar-refractivity contribution in [2.45, 2.75) is 30.2 Å². The molecule has 3 aromatic rings. The van der Waals surface area contributed by atoms with Gasteiger partial charge in [0.1, 0.15) is 4.90 Å². The van der Waals surface area contributed by atoms with Crippen molar-refractivity contribution < 1.29 is 8.42 Å². The summed E-state index contributed by atoms with van der Waals surface area (Å²) in [5, 5.41) is 4.58. The van der Waals surface area contributed by atoms with Crippen LogP contribution in [0.25, 0.3) is 10.9 Å². The SMILES string of the molecule is O=S(=O)(Nc1ccc2[nH]cc(CC3CCCN3)c2c1)c1ccccc1I. The van der Waals surface area contributed by atoms with Gasteiger partial charge in [-0.1, -0.05) is 12.1 Å². The van der Waals surface area contributed by atoms with Crippen LogP contribution in [0, 0.1) is 3.57 Å².